The molecule has 1 atom stereocenters. The van der Waals surface area contributed by atoms with Gasteiger partial charge in [0.25, 0.3) is 0 Å². The Labute approximate surface area is 211 Å². The van der Waals surface area contributed by atoms with E-state index in [2.05, 4.69) is 19.7 Å². The van der Waals surface area contributed by atoms with Crippen LogP contribution in [0.25, 0.3) is 11.1 Å². The first-order valence-electron chi connectivity index (χ1n) is 11.2. The van der Waals surface area contributed by atoms with Crippen molar-refractivity contribution in [1.29, 1.82) is 0 Å². The number of hydrogen-bond donors (Lipinski definition) is 1. The minimum atomic E-state index is -1.08. The topological polar surface area (TPSA) is 101 Å². The molecule has 8 nitrogen and oxygen atoms in total. The predicted molar refractivity (Wildman–Crippen MR) is 136 cm³/mol. The van der Waals surface area contributed by atoms with E-state index in [1.54, 1.807) is 45.0 Å². The van der Waals surface area contributed by atoms with Crippen LogP contribution in [0, 0.1) is 0 Å². The maximum atomic E-state index is 11.6. The Morgan fingerprint density at radius 2 is 1.25 bits per heavy atom. The van der Waals surface area contributed by atoms with Crippen molar-refractivity contribution in [3.63, 3.8) is 0 Å². The van der Waals surface area contributed by atoms with Gasteiger partial charge in [-0.25, -0.2) is 9.59 Å². The van der Waals surface area contributed by atoms with Crippen molar-refractivity contribution in [3.05, 3.63) is 78.9 Å². The molecule has 2 aromatic rings. The summed E-state index contributed by atoms with van der Waals surface area (Å²) in [7, 11) is 0. The van der Waals surface area contributed by atoms with Crippen LogP contribution in [0.4, 0.5) is 0 Å². The molecule has 0 spiro atoms. The third kappa shape index (κ3) is 8.96. The molecule has 0 fully saturated rings. The minimum Gasteiger partial charge on any atom is -0.486 e. The molecule has 0 aliphatic rings. The fraction of sp³-hybridized carbons (Fsp3) is 0.286. The number of carbonyl (C=O) groups is 2. The largest absolute Gasteiger partial charge is 0.486 e. The number of aliphatic hydroxyl groups is 1. The SMILES string of the molecule is C=C(C)C(=O)OCCOc1ccc(-c2ccc(OC(O)C(=C)C)cc2)cc1OCCOC(=O)C(=C)C. The van der Waals surface area contributed by atoms with E-state index in [0.29, 0.717) is 34.0 Å². The van der Waals surface area contributed by atoms with E-state index in [4.69, 9.17) is 23.7 Å². The molecule has 0 radical (unpaired) electrons. The lowest BCUT2D eigenvalue weighted by Crippen LogP contribution is -2.15. The van der Waals surface area contributed by atoms with E-state index in [9.17, 15) is 14.7 Å². The van der Waals surface area contributed by atoms with E-state index >= 15 is 0 Å². The van der Waals surface area contributed by atoms with Crippen LogP contribution < -0.4 is 14.2 Å². The molecule has 0 saturated carbocycles. The molecule has 2 rings (SSSR count). The molecule has 192 valence electrons. The molecule has 1 unspecified atom stereocenters. The molecule has 0 bridgehead atoms. The molecule has 0 amide bonds. The second kappa shape index (κ2) is 13.7. The summed E-state index contributed by atoms with van der Waals surface area (Å²) >= 11 is 0. The summed E-state index contributed by atoms with van der Waals surface area (Å²) in [6, 6.07) is 12.5. The Balaban J connectivity index is 2.13. The summed E-state index contributed by atoms with van der Waals surface area (Å²) < 4.78 is 27.1. The second-order valence-corrected chi connectivity index (χ2v) is 8.03. The molecule has 0 aromatic heterocycles. The van der Waals surface area contributed by atoms with Crippen molar-refractivity contribution in [3.8, 4) is 28.4 Å². The van der Waals surface area contributed by atoms with Crippen molar-refractivity contribution < 1.29 is 38.4 Å². The zero-order chi connectivity index (χ0) is 26.7. The fourth-order valence-corrected chi connectivity index (χ4v) is 2.69. The van der Waals surface area contributed by atoms with Gasteiger partial charge in [0.05, 0.1) is 0 Å². The number of aliphatic hydroxyl groups excluding tert-OH is 1. The molecule has 2 aromatic carbocycles. The lowest BCUT2D eigenvalue weighted by Gasteiger charge is -2.16. The lowest BCUT2D eigenvalue weighted by molar-refractivity contribution is -0.140. The molecule has 0 saturated heterocycles. The van der Waals surface area contributed by atoms with Gasteiger partial charge < -0.3 is 28.8 Å². The van der Waals surface area contributed by atoms with Gasteiger partial charge in [-0.1, -0.05) is 37.9 Å². The van der Waals surface area contributed by atoms with Gasteiger partial charge in [-0.2, -0.15) is 0 Å². The van der Waals surface area contributed by atoms with Crippen LogP contribution in [0.15, 0.2) is 78.9 Å². The summed E-state index contributed by atoms with van der Waals surface area (Å²) in [6.45, 7) is 15.8. The number of ether oxygens (including phenoxy) is 5. The van der Waals surface area contributed by atoms with Gasteiger partial charge in [0, 0.05) is 11.1 Å². The summed E-state index contributed by atoms with van der Waals surface area (Å²) in [5, 5.41) is 9.83. The minimum absolute atomic E-state index is 0.0304. The highest BCUT2D eigenvalue weighted by atomic mass is 16.6. The number of rotatable bonds is 14. The van der Waals surface area contributed by atoms with Crippen LogP contribution in [0.5, 0.6) is 17.2 Å². The average Bonchev–Trinajstić information content (AvgIpc) is 2.84. The second-order valence-electron chi connectivity index (χ2n) is 8.03. The van der Waals surface area contributed by atoms with Crippen molar-refractivity contribution in [2.75, 3.05) is 26.4 Å². The van der Waals surface area contributed by atoms with Gasteiger partial charge in [-0.05, 0) is 61.7 Å². The summed E-state index contributed by atoms with van der Waals surface area (Å²) in [6.07, 6.45) is -1.08. The van der Waals surface area contributed by atoms with Crippen molar-refractivity contribution >= 4 is 11.9 Å². The molecule has 0 aliphatic heterocycles. The Morgan fingerprint density at radius 1 is 0.750 bits per heavy atom. The molecular weight excluding hydrogens is 464 g/mol. The highest BCUT2D eigenvalue weighted by molar-refractivity contribution is 5.87. The summed E-state index contributed by atoms with van der Waals surface area (Å²) in [5.74, 6) is 0.355. The van der Waals surface area contributed by atoms with Gasteiger partial charge >= 0.3 is 11.9 Å². The van der Waals surface area contributed by atoms with E-state index < -0.39 is 18.2 Å². The Kier molecular flexibility index (Phi) is 10.8. The van der Waals surface area contributed by atoms with Crippen molar-refractivity contribution in [2.45, 2.75) is 27.1 Å². The van der Waals surface area contributed by atoms with Crippen molar-refractivity contribution in [1.82, 2.24) is 0 Å². The lowest BCUT2D eigenvalue weighted by atomic mass is 10.0. The Bertz CT molecular complexity index is 1100. The van der Waals surface area contributed by atoms with Crippen LogP contribution >= 0.6 is 0 Å². The van der Waals surface area contributed by atoms with Gasteiger partial charge in [0.15, 0.2) is 11.5 Å². The molecule has 8 heteroatoms. The normalized spacial score (nSPS) is 11.1. The fourth-order valence-electron chi connectivity index (χ4n) is 2.69. The smallest absolute Gasteiger partial charge is 0.333 e. The zero-order valence-electron chi connectivity index (χ0n) is 20.9. The van der Waals surface area contributed by atoms with Gasteiger partial charge in [0.1, 0.15) is 32.2 Å². The summed E-state index contributed by atoms with van der Waals surface area (Å²) in [4.78, 5) is 23.1. The molecule has 0 heterocycles. The third-order valence-corrected chi connectivity index (χ3v) is 4.65. The van der Waals surface area contributed by atoms with Crippen LogP contribution in [0.1, 0.15) is 20.8 Å². The van der Waals surface area contributed by atoms with E-state index in [0.717, 1.165) is 11.1 Å². The van der Waals surface area contributed by atoms with Crippen LogP contribution in [0.2, 0.25) is 0 Å². The Hall–Kier alpha value is -4.04. The average molecular weight is 497 g/mol. The van der Waals surface area contributed by atoms with E-state index in [1.807, 2.05) is 18.2 Å². The highest BCUT2D eigenvalue weighted by Gasteiger charge is 2.12. The van der Waals surface area contributed by atoms with E-state index in [-0.39, 0.29) is 26.4 Å². The third-order valence-electron chi connectivity index (χ3n) is 4.65. The maximum absolute atomic E-state index is 11.6. The van der Waals surface area contributed by atoms with Gasteiger partial charge in [0.2, 0.25) is 6.29 Å². The first-order valence-corrected chi connectivity index (χ1v) is 11.2. The number of benzene rings is 2. The predicted octanol–water partition coefficient (Wildman–Crippen LogP) is 4.62. The monoisotopic (exact) mass is 496 g/mol. The molecule has 1 N–H and O–H groups in total. The number of esters is 2. The Morgan fingerprint density at radius 3 is 1.75 bits per heavy atom. The molecular formula is C28H32O8. The van der Waals surface area contributed by atoms with Crippen molar-refractivity contribution in [2.24, 2.45) is 0 Å². The summed E-state index contributed by atoms with van der Waals surface area (Å²) in [5.41, 5.74) is 2.80. The maximum Gasteiger partial charge on any atom is 0.333 e. The van der Waals surface area contributed by atoms with Gasteiger partial charge in [-0.3, -0.25) is 0 Å². The quantitative estimate of drug-likeness (QED) is 0.133. The number of hydrogen-bond acceptors (Lipinski definition) is 8. The van der Waals surface area contributed by atoms with Crippen LogP contribution in [0.3, 0.4) is 0 Å². The number of carbonyl (C=O) groups excluding carboxylic acids is 2. The van der Waals surface area contributed by atoms with Crippen LogP contribution in [-0.2, 0) is 19.1 Å². The highest BCUT2D eigenvalue weighted by Crippen LogP contribution is 2.33. The molecule has 36 heavy (non-hydrogen) atoms. The van der Waals surface area contributed by atoms with Crippen LogP contribution in [-0.4, -0.2) is 49.8 Å². The first kappa shape index (κ1) is 28.2. The first-order chi connectivity index (χ1) is 17.1. The zero-order valence-corrected chi connectivity index (χ0v) is 20.9. The standard InChI is InChI=1S/C28H32O8/c1-18(2)26(29)34-15-13-32-24-12-9-22(17-25(24)33-14-16-35-27(30)19(3)4)21-7-10-23(11-8-21)36-28(31)20(5)6/h7-12,17,28,31H,1,3,5,13-16H2,2,4,6H3. The van der Waals surface area contributed by atoms with Gasteiger partial charge in [-0.15, -0.1) is 0 Å². The molecule has 0 aliphatic carbocycles. The van der Waals surface area contributed by atoms with E-state index in [1.165, 1.54) is 0 Å².